The number of benzene rings is 2. The van der Waals surface area contributed by atoms with E-state index in [1.807, 2.05) is 30.3 Å². The Morgan fingerprint density at radius 2 is 2.05 bits per heavy atom. The maximum absolute atomic E-state index is 9.24. The van der Waals surface area contributed by atoms with Crippen LogP contribution in [-0.2, 0) is 4.74 Å². The molecule has 0 bridgehead atoms. The average molecular weight is 279 g/mol. The summed E-state index contributed by atoms with van der Waals surface area (Å²) in [5, 5.41) is 14.7. The Balaban J connectivity index is 1.95. The minimum Gasteiger partial charge on any atom is -0.455 e. The molecule has 4 nitrogen and oxygen atoms in total. The Kier molecular flexibility index (Phi) is 3.85. The molecule has 1 aliphatic heterocycles. The highest BCUT2D eigenvalue weighted by Crippen LogP contribution is 2.23. The van der Waals surface area contributed by atoms with E-state index in [0.29, 0.717) is 5.90 Å². The van der Waals surface area contributed by atoms with Crippen LogP contribution in [0.25, 0.3) is 10.8 Å². The van der Waals surface area contributed by atoms with Crippen molar-refractivity contribution in [2.75, 3.05) is 6.54 Å². The van der Waals surface area contributed by atoms with E-state index < -0.39 is 6.04 Å². The van der Waals surface area contributed by atoms with Crippen LogP contribution in [0.5, 0.6) is 0 Å². The van der Waals surface area contributed by atoms with Crippen molar-refractivity contribution < 1.29 is 4.74 Å². The van der Waals surface area contributed by atoms with E-state index in [9.17, 15) is 5.26 Å². The third-order valence-corrected chi connectivity index (χ3v) is 3.53. The second-order valence-corrected chi connectivity index (χ2v) is 5.03. The van der Waals surface area contributed by atoms with Crippen LogP contribution in [0.3, 0.4) is 0 Å². The van der Waals surface area contributed by atoms with E-state index >= 15 is 0 Å². The van der Waals surface area contributed by atoms with Gasteiger partial charge in [-0.1, -0.05) is 43.3 Å². The van der Waals surface area contributed by atoms with Gasteiger partial charge in [0.15, 0.2) is 12.3 Å². The third kappa shape index (κ3) is 2.61. The molecule has 0 radical (unpaired) electrons. The van der Waals surface area contributed by atoms with Gasteiger partial charge in [-0.05, 0) is 29.8 Å². The van der Waals surface area contributed by atoms with Gasteiger partial charge in [0.05, 0.1) is 6.07 Å². The van der Waals surface area contributed by atoms with E-state index in [1.54, 1.807) is 0 Å². The average Bonchev–Trinajstić information content (AvgIpc) is 2.95. The van der Waals surface area contributed by atoms with Gasteiger partial charge < -0.3 is 4.74 Å². The highest BCUT2D eigenvalue weighted by Gasteiger charge is 2.31. The van der Waals surface area contributed by atoms with Gasteiger partial charge in [-0.15, -0.1) is 0 Å². The van der Waals surface area contributed by atoms with Crippen molar-refractivity contribution in [3.05, 3.63) is 48.0 Å². The predicted molar refractivity (Wildman–Crippen MR) is 83.1 cm³/mol. The monoisotopic (exact) mass is 279 g/mol. The van der Waals surface area contributed by atoms with Gasteiger partial charge in [-0.2, -0.15) is 5.26 Å². The lowest BCUT2D eigenvalue weighted by atomic mass is 10.0. The zero-order chi connectivity index (χ0) is 14.7. The number of nitriles is 1. The Bertz CT molecular complexity index is 712. The number of hydrogen-bond acceptors (Lipinski definition) is 4. The lowest BCUT2D eigenvalue weighted by molar-refractivity contribution is 0.169. The molecule has 4 heteroatoms. The fraction of sp³-hybridized carbons (Fsp3) is 0.294. The van der Waals surface area contributed by atoms with Crippen molar-refractivity contribution in [2.45, 2.75) is 25.6 Å². The van der Waals surface area contributed by atoms with E-state index in [-0.39, 0.29) is 6.23 Å². The quantitative estimate of drug-likeness (QED) is 0.936. The SMILES string of the molecule is CCCNC1OC(c2cccc3ccccc23)=NC1C#N. The van der Waals surface area contributed by atoms with Gasteiger partial charge >= 0.3 is 0 Å². The number of ether oxygens (including phenoxy) is 1. The largest absolute Gasteiger partial charge is 0.455 e. The minimum absolute atomic E-state index is 0.357. The zero-order valence-corrected chi connectivity index (χ0v) is 11.9. The van der Waals surface area contributed by atoms with E-state index in [2.05, 4.69) is 35.4 Å². The summed E-state index contributed by atoms with van der Waals surface area (Å²) in [6.45, 7) is 2.89. The summed E-state index contributed by atoms with van der Waals surface area (Å²) in [5.41, 5.74) is 0.939. The standard InChI is InChI=1S/C17H17N3O/c1-2-10-19-17-15(11-18)20-16(21-17)14-9-5-7-12-6-3-4-8-13(12)14/h3-9,15,17,19H,2,10H2,1H3. The van der Waals surface area contributed by atoms with E-state index in [1.165, 1.54) is 0 Å². The van der Waals surface area contributed by atoms with Crippen molar-refractivity contribution in [1.29, 1.82) is 5.26 Å². The molecular formula is C17H17N3O. The first kappa shape index (κ1) is 13.6. The fourth-order valence-electron chi connectivity index (χ4n) is 2.49. The van der Waals surface area contributed by atoms with Crippen LogP contribution in [0.2, 0.25) is 0 Å². The first-order valence-electron chi connectivity index (χ1n) is 7.19. The Hall–Kier alpha value is -2.38. The normalized spacial score (nSPS) is 20.9. The molecule has 0 spiro atoms. The van der Waals surface area contributed by atoms with E-state index in [0.717, 1.165) is 29.3 Å². The van der Waals surface area contributed by atoms with Crippen LogP contribution in [0.15, 0.2) is 47.5 Å². The molecule has 1 heterocycles. The molecule has 0 aromatic heterocycles. The molecule has 2 atom stereocenters. The number of hydrogen-bond donors (Lipinski definition) is 1. The van der Waals surface area contributed by atoms with Crippen LogP contribution in [0, 0.1) is 11.3 Å². The number of aliphatic imine (C=N–C) groups is 1. The lowest BCUT2D eigenvalue weighted by Gasteiger charge is -2.15. The highest BCUT2D eigenvalue weighted by atomic mass is 16.5. The van der Waals surface area contributed by atoms with Gasteiger partial charge in [-0.3, -0.25) is 5.32 Å². The maximum Gasteiger partial charge on any atom is 0.219 e. The summed E-state index contributed by atoms with van der Waals surface area (Å²) in [6.07, 6.45) is 0.630. The van der Waals surface area contributed by atoms with Crippen molar-refractivity contribution in [1.82, 2.24) is 5.32 Å². The number of rotatable bonds is 4. The Morgan fingerprint density at radius 3 is 2.86 bits per heavy atom. The summed E-state index contributed by atoms with van der Waals surface area (Å²) in [5.74, 6) is 0.548. The second kappa shape index (κ2) is 5.94. The van der Waals surface area contributed by atoms with Crippen LogP contribution in [0.4, 0.5) is 0 Å². The summed E-state index contributed by atoms with van der Waals surface area (Å²) >= 11 is 0. The van der Waals surface area contributed by atoms with Gasteiger partial charge in [0, 0.05) is 5.56 Å². The molecule has 0 aliphatic carbocycles. The minimum atomic E-state index is -0.495. The molecule has 2 unspecified atom stereocenters. The summed E-state index contributed by atoms with van der Waals surface area (Å²) in [6, 6.07) is 15.8. The van der Waals surface area contributed by atoms with Gasteiger partial charge in [0.25, 0.3) is 0 Å². The third-order valence-electron chi connectivity index (χ3n) is 3.53. The van der Waals surface area contributed by atoms with Gasteiger partial charge in [0.2, 0.25) is 5.90 Å². The molecule has 2 aromatic carbocycles. The number of fused-ring (bicyclic) bond motifs is 1. The summed E-state index contributed by atoms with van der Waals surface area (Å²) < 4.78 is 5.88. The van der Waals surface area contributed by atoms with Gasteiger partial charge in [0.1, 0.15) is 0 Å². The Morgan fingerprint density at radius 1 is 1.24 bits per heavy atom. The maximum atomic E-state index is 9.24. The molecule has 0 saturated heterocycles. The number of nitrogens with one attached hydrogen (secondary N) is 1. The molecule has 106 valence electrons. The molecule has 21 heavy (non-hydrogen) atoms. The van der Waals surface area contributed by atoms with Crippen molar-refractivity contribution in [3.8, 4) is 6.07 Å². The van der Waals surface area contributed by atoms with Crippen molar-refractivity contribution in [2.24, 2.45) is 4.99 Å². The summed E-state index contributed by atoms with van der Waals surface area (Å²) in [7, 11) is 0. The first-order valence-corrected chi connectivity index (χ1v) is 7.19. The molecule has 1 aliphatic rings. The molecule has 0 saturated carbocycles. The molecular weight excluding hydrogens is 262 g/mol. The molecule has 0 fully saturated rings. The zero-order valence-electron chi connectivity index (χ0n) is 11.9. The van der Waals surface area contributed by atoms with Crippen molar-refractivity contribution >= 4 is 16.7 Å². The van der Waals surface area contributed by atoms with Crippen LogP contribution < -0.4 is 5.32 Å². The highest BCUT2D eigenvalue weighted by molar-refractivity contribution is 6.07. The topological polar surface area (TPSA) is 57.4 Å². The molecule has 2 aromatic rings. The smallest absolute Gasteiger partial charge is 0.219 e. The first-order chi connectivity index (χ1) is 10.3. The Labute approximate surface area is 124 Å². The van der Waals surface area contributed by atoms with Crippen molar-refractivity contribution in [3.63, 3.8) is 0 Å². The molecule has 3 rings (SSSR count). The number of nitrogens with zero attached hydrogens (tertiary/aromatic N) is 2. The van der Waals surface area contributed by atoms with Gasteiger partial charge in [-0.25, -0.2) is 4.99 Å². The van der Waals surface area contributed by atoms with Crippen LogP contribution in [0.1, 0.15) is 18.9 Å². The molecule has 0 amide bonds. The lowest BCUT2D eigenvalue weighted by Crippen LogP contribution is -2.37. The van der Waals surface area contributed by atoms with Crippen LogP contribution in [-0.4, -0.2) is 24.7 Å². The summed E-state index contributed by atoms with van der Waals surface area (Å²) in [4.78, 5) is 4.43. The van der Waals surface area contributed by atoms with E-state index in [4.69, 9.17) is 4.74 Å². The fourth-order valence-corrected chi connectivity index (χ4v) is 2.49. The predicted octanol–water partition coefficient (Wildman–Crippen LogP) is 2.83. The molecule has 1 N–H and O–H groups in total. The van der Waals surface area contributed by atoms with Crippen LogP contribution >= 0.6 is 0 Å². The second-order valence-electron chi connectivity index (χ2n) is 5.03.